The van der Waals surface area contributed by atoms with Crippen molar-refractivity contribution in [2.24, 2.45) is 5.92 Å². The molecule has 0 amide bonds. The van der Waals surface area contributed by atoms with Crippen molar-refractivity contribution in [3.05, 3.63) is 0 Å². The summed E-state index contributed by atoms with van der Waals surface area (Å²) < 4.78 is 5.45. The van der Waals surface area contributed by atoms with Crippen molar-refractivity contribution in [3.8, 4) is 0 Å². The SMILES string of the molecule is CCCCOCC(O)CN(C)CCC1CCNCC1. The van der Waals surface area contributed by atoms with E-state index in [1.54, 1.807) is 0 Å². The third-order valence-corrected chi connectivity index (χ3v) is 3.85. The number of hydrogen-bond acceptors (Lipinski definition) is 4. The topological polar surface area (TPSA) is 44.7 Å². The van der Waals surface area contributed by atoms with Gasteiger partial charge in [0.2, 0.25) is 0 Å². The Hall–Kier alpha value is -0.160. The van der Waals surface area contributed by atoms with Crippen molar-refractivity contribution in [1.29, 1.82) is 0 Å². The van der Waals surface area contributed by atoms with Crippen LogP contribution in [0.25, 0.3) is 0 Å². The Morgan fingerprint density at radius 2 is 2.11 bits per heavy atom. The Kier molecular flexibility index (Phi) is 9.43. The standard InChI is InChI=1S/C15H32N2O2/c1-3-4-11-19-13-15(18)12-17(2)10-7-14-5-8-16-9-6-14/h14-16,18H,3-13H2,1-2H3. The number of unbranched alkanes of at least 4 members (excludes halogenated alkanes) is 1. The van der Waals surface area contributed by atoms with Gasteiger partial charge in [-0.1, -0.05) is 13.3 Å². The highest BCUT2D eigenvalue weighted by molar-refractivity contribution is 4.70. The molecule has 2 N–H and O–H groups in total. The Morgan fingerprint density at radius 3 is 2.79 bits per heavy atom. The minimum atomic E-state index is -0.352. The molecule has 0 aromatic carbocycles. The number of nitrogens with zero attached hydrogens (tertiary/aromatic N) is 1. The minimum absolute atomic E-state index is 0.352. The van der Waals surface area contributed by atoms with E-state index in [4.69, 9.17) is 4.74 Å². The summed E-state index contributed by atoms with van der Waals surface area (Å²) in [6, 6.07) is 0. The molecule has 1 heterocycles. The van der Waals surface area contributed by atoms with E-state index in [2.05, 4.69) is 24.2 Å². The van der Waals surface area contributed by atoms with Crippen molar-refractivity contribution < 1.29 is 9.84 Å². The van der Waals surface area contributed by atoms with Crippen LogP contribution in [0.5, 0.6) is 0 Å². The van der Waals surface area contributed by atoms with Crippen LogP contribution in [-0.2, 0) is 4.74 Å². The van der Waals surface area contributed by atoms with Crippen LogP contribution in [0.1, 0.15) is 39.0 Å². The van der Waals surface area contributed by atoms with E-state index in [1.807, 2.05) is 0 Å². The van der Waals surface area contributed by atoms with Crippen LogP contribution in [-0.4, -0.2) is 62.6 Å². The molecular formula is C15H32N2O2. The average molecular weight is 272 g/mol. The summed E-state index contributed by atoms with van der Waals surface area (Å²) in [7, 11) is 2.09. The lowest BCUT2D eigenvalue weighted by Crippen LogP contribution is -2.35. The lowest BCUT2D eigenvalue weighted by molar-refractivity contribution is 0.0191. The summed E-state index contributed by atoms with van der Waals surface area (Å²) in [5, 5.41) is 13.3. The third kappa shape index (κ3) is 8.58. The van der Waals surface area contributed by atoms with Gasteiger partial charge >= 0.3 is 0 Å². The monoisotopic (exact) mass is 272 g/mol. The number of rotatable bonds is 10. The van der Waals surface area contributed by atoms with Gasteiger partial charge in [0.15, 0.2) is 0 Å². The van der Waals surface area contributed by atoms with Gasteiger partial charge in [0.1, 0.15) is 0 Å². The zero-order valence-electron chi connectivity index (χ0n) is 12.7. The molecule has 1 aliphatic rings. The van der Waals surface area contributed by atoms with E-state index >= 15 is 0 Å². The molecule has 0 aromatic heterocycles. The van der Waals surface area contributed by atoms with Gasteiger partial charge in [0.25, 0.3) is 0 Å². The summed E-state index contributed by atoms with van der Waals surface area (Å²) in [6.07, 6.45) is 5.73. The highest BCUT2D eigenvalue weighted by Gasteiger charge is 2.14. The first-order chi connectivity index (χ1) is 9.22. The molecule has 0 bridgehead atoms. The molecule has 0 aromatic rings. The highest BCUT2D eigenvalue weighted by atomic mass is 16.5. The molecule has 1 atom stereocenters. The van der Waals surface area contributed by atoms with Crippen LogP contribution in [0.3, 0.4) is 0 Å². The van der Waals surface area contributed by atoms with E-state index < -0.39 is 0 Å². The zero-order valence-corrected chi connectivity index (χ0v) is 12.7. The van der Waals surface area contributed by atoms with E-state index in [9.17, 15) is 5.11 Å². The quantitative estimate of drug-likeness (QED) is 0.591. The molecule has 1 saturated heterocycles. The van der Waals surface area contributed by atoms with Crippen molar-refractivity contribution >= 4 is 0 Å². The minimum Gasteiger partial charge on any atom is -0.389 e. The first-order valence-electron chi connectivity index (χ1n) is 7.87. The number of aliphatic hydroxyl groups excluding tert-OH is 1. The number of hydrogen-bond donors (Lipinski definition) is 2. The highest BCUT2D eigenvalue weighted by Crippen LogP contribution is 2.15. The van der Waals surface area contributed by atoms with Crippen LogP contribution in [0.4, 0.5) is 0 Å². The molecule has 114 valence electrons. The van der Waals surface area contributed by atoms with Gasteiger partial charge in [-0.2, -0.15) is 0 Å². The number of aliphatic hydroxyl groups is 1. The molecular weight excluding hydrogens is 240 g/mol. The van der Waals surface area contributed by atoms with Gasteiger partial charge in [-0.25, -0.2) is 0 Å². The summed E-state index contributed by atoms with van der Waals surface area (Å²) in [6.45, 7) is 7.52. The molecule has 0 aliphatic carbocycles. The number of nitrogens with one attached hydrogen (secondary N) is 1. The van der Waals surface area contributed by atoms with Crippen molar-refractivity contribution in [3.63, 3.8) is 0 Å². The summed E-state index contributed by atoms with van der Waals surface area (Å²) in [5.41, 5.74) is 0. The van der Waals surface area contributed by atoms with Gasteiger partial charge in [-0.05, 0) is 58.3 Å². The maximum absolute atomic E-state index is 9.88. The second-order valence-electron chi connectivity index (χ2n) is 5.83. The predicted molar refractivity (Wildman–Crippen MR) is 79.4 cm³/mol. The van der Waals surface area contributed by atoms with Crippen LogP contribution >= 0.6 is 0 Å². The fourth-order valence-electron chi connectivity index (χ4n) is 2.54. The molecule has 4 heteroatoms. The van der Waals surface area contributed by atoms with Gasteiger partial charge in [-0.15, -0.1) is 0 Å². The fraction of sp³-hybridized carbons (Fsp3) is 1.00. The van der Waals surface area contributed by atoms with Gasteiger partial charge in [-0.3, -0.25) is 0 Å². The van der Waals surface area contributed by atoms with Gasteiger partial charge in [0, 0.05) is 13.2 Å². The van der Waals surface area contributed by atoms with Crippen molar-refractivity contribution in [2.75, 3.05) is 46.4 Å². The van der Waals surface area contributed by atoms with Crippen LogP contribution in [0.15, 0.2) is 0 Å². The normalized spacial score (nSPS) is 18.9. The molecule has 0 saturated carbocycles. The molecule has 1 aliphatic heterocycles. The Balaban J connectivity index is 2.00. The Morgan fingerprint density at radius 1 is 1.37 bits per heavy atom. The number of likely N-dealkylation sites (N-methyl/N-ethyl adjacent to an activating group) is 1. The summed E-state index contributed by atoms with van der Waals surface area (Å²) >= 11 is 0. The van der Waals surface area contributed by atoms with E-state index in [0.29, 0.717) is 6.61 Å². The molecule has 19 heavy (non-hydrogen) atoms. The molecule has 1 rings (SSSR count). The van der Waals surface area contributed by atoms with E-state index in [-0.39, 0.29) is 6.10 Å². The van der Waals surface area contributed by atoms with E-state index in [0.717, 1.165) is 38.5 Å². The largest absolute Gasteiger partial charge is 0.389 e. The first-order valence-corrected chi connectivity index (χ1v) is 7.87. The summed E-state index contributed by atoms with van der Waals surface area (Å²) in [5.74, 6) is 0.863. The molecule has 1 fully saturated rings. The Bertz CT molecular complexity index is 208. The van der Waals surface area contributed by atoms with Crippen LogP contribution in [0, 0.1) is 5.92 Å². The fourth-order valence-corrected chi connectivity index (χ4v) is 2.54. The molecule has 1 unspecified atom stereocenters. The van der Waals surface area contributed by atoms with Crippen molar-refractivity contribution in [2.45, 2.75) is 45.1 Å². The van der Waals surface area contributed by atoms with Crippen LogP contribution < -0.4 is 5.32 Å². The predicted octanol–water partition coefficient (Wildman–Crippen LogP) is 1.49. The van der Waals surface area contributed by atoms with Gasteiger partial charge < -0.3 is 20.1 Å². The first kappa shape index (κ1) is 16.9. The molecule has 4 nitrogen and oxygen atoms in total. The number of piperidine rings is 1. The second kappa shape index (κ2) is 10.6. The smallest absolute Gasteiger partial charge is 0.0900 e. The van der Waals surface area contributed by atoms with Crippen LogP contribution in [0.2, 0.25) is 0 Å². The lowest BCUT2D eigenvalue weighted by Gasteiger charge is -2.26. The molecule has 0 radical (unpaired) electrons. The van der Waals surface area contributed by atoms with E-state index in [1.165, 1.54) is 32.4 Å². The maximum Gasteiger partial charge on any atom is 0.0900 e. The second-order valence-corrected chi connectivity index (χ2v) is 5.83. The Labute approximate surface area is 118 Å². The zero-order chi connectivity index (χ0) is 13.9. The maximum atomic E-state index is 9.88. The lowest BCUT2D eigenvalue weighted by atomic mass is 9.94. The third-order valence-electron chi connectivity index (χ3n) is 3.85. The van der Waals surface area contributed by atoms with Crippen molar-refractivity contribution in [1.82, 2.24) is 10.2 Å². The van der Waals surface area contributed by atoms with Gasteiger partial charge in [0.05, 0.1) is 12.7 Å². The summed E-state index contributed by atoms with van der Waals surface area (Å²) in [4.78, 5) is 2.23. The average Bonchev–Trinajstić information content (AvgIpc) is 2.42. The molecule has 0 spiro atoms. The number of ether oxygens (including phenoxy) is 1.